The van der Waals surface area contributed by atoms with E-state index < -0.39 is 0 Å². The van der Waals surface area contributed by atoms with Crippen LogP contribution in [0.3, 0.4) is 0 Å². The first kappa shape index (κ1) is 7.59. The number of hydrogen-bond acceptors (Lipinski definition) is 2. The summed E-state index contributed by atoms with van der Waals surface area (Å²) in [6, 6.07) is 7.30. The standard InChI is InChI=1S/C9H7NOSe/c11-8-4-2-1-3-7(8)9-10-5-6-12-9/h1-6,11H. The van der Waals surface area contributed by atoms with Gasteiger partial charge >= 0.3 is 75.9 Å². The molecule has 0 saturated heterocycles. The van der Waals surface area contributed by atoms with Crippen LogP contribution in [0, 0.1) is 0 Å². The minimum absolute atomic E-state index is 0.291. The van der Waals surface area contributed by atoms with E-state index in [2.05, 4.69) is 4.98 Å². The molecule has 2 rings (SSSR count). The van der Waals surface area contributed by atoms with E-state index in [1.807, 2.05) is 23.1 Å². The first-order valence-corrected chi connectivity index (χ1v) is 5.40. The molecular weight excluding hydrogens is 217 g/mol. The molecule has 0 aliphatic rings. The molecule has 0 amide bonds. The van der Waals surface area contributed by atoms with Crippen LogP contribution in [0.5, 0.6) is 5.75 Å². The summed E-state index contributed by atoms with van der Waals surface area (Å²) in [5, 5.41) is 9.47. The van der Waals surface area contributed by atoms with Gasteiger partial charge in [0, 0.05) is 0 Å². The predicted octanol–water partition coefficient (Wildman–Crippen LogP) is 1.51. The van der Waals surface area contributed by atoms with Gasteiger partial charge in [0.15, 0.2) is 0 Å². The molecule has 0 aliphatic carbocycles. The zero-order valence-corrected chi connectivity index (χ0v) is 7.98. The van der Waals surface area contributed by atoms with Crippen LogP contribution in [-0.4, -0.2) is 24.6 Å². The van der Waals surface area contributed by atoms with Crippen molar-refractivity contribution in [3.05, 3.63) is 35.4 Å². The molecule has 0 spiro atoms. The average molecular weight is 224 g/mol. The quantitative estimate of drug-likeness (QED) is 0.745. The first-order chi connectivity index (χ1) is 5.88. The molecule has 60 valence electrons. The third-order valence-electron chi connectivity index (χ3n) is 1.57. The Morgan fingerprint density at radius 3 is 2.75 bits per heavy atom. The number of nitrogens with zero attached hydrogens (tertiary/aromatic N) is 1. The molecule has 12 heavy (non-hydrogen) atoms. The van der Waals surface area contributed by atoms with Crippen molar-refractivity contribution in [2.45, 2.75) is 0 Å². The van der Waals surface area contributed by atoms with E-state index >= 15 is 0 Å². The number of aromatic nitrogens is 1. The molecule has 2 aromatic rings. The average Bonchev–Trinajstić information content (AvgIpc) is 2.57. The van der Waals surface area contributed by atoms with Crippen molar-refractivity contribution < 1.29 is 5.11 Å². The molecule has 0 aliphatic heterocycles. The van der Waals surface area contributed by atoms with Crippen LogP contribution in [0.25, 0.3) is 10.1 Å². The summed E-state index contributed by atoms with van der Waals surface area (Å²) in [5.74, 6) is 0.321. The first-order valence-electron chi connectivity index (χ1n) is 3.56. The second-order valence-corrected chi connectivity index (χ2v) is 4.23. The van der Waals surface area contributed by atoms with Crippen LogP contribution in [0.2, 0.25) is 0 Å². The van der Waals surface area contributed by atoms with Crippen LogP contribution in [0.4, 0.5) is 0 Å². The number of para-hydroxylation sites is 1. The Labute approximate surface area is 76.3 Å². The van der Waals surface area contributed by atoms with Gasteiger partial charge in [0.1, 0.15) is 0 Å². The number of hydrogen-bond donors (Lipinski definition) is 1. The van der Waals surface area contributed by atoms with E-state index in [1.54, 1.807) is 12.3 Å². The van der Waals surface area contributed by atoms with Crippen molar-refractivity contribution in [1.82, 2.24) is 4.98 Å². The van der Waals surface area contributed by atoms with Gasteiger partial charge in [-0.15, -0.1) is 0 Å². The van der Waals surface area contributed by atoms with Crippen LogP contribution in [0.1, 0.15) is 0 Å². The van der Waals surface area contributed by atoms with Gasteiger partial charge in [-0.2, -0.15) is 0 Å². The van der Waals surface area contributed by atoms with Crippen LogP contribution < -0.4 is 0 Å². The molecule has 0 saturated carbocycles. The van der Waals surface area contributed by atoms with Crippen molar-refractivity contribution in [2.75, 3.05) is 0 Å². The van der Waals surface area contributed by atoms with Crippen LogP contribution in [-0.2, 0) is 0 Å². The van der Waals surface area contributed by atoms with E-state index in [-0.39, 0.29) is 0 Å². The van der Waals surface area contributed by atoms with Gasteiger partial charge in [-0.3, -0.25) is 0 Å². The number of phenols is 1. The van der Waals surface area contributed by atoms with Crippen LogP contribution in [0.15, 0.2) is 35.4 Å². The van der Waals surface area contributed by atoms with Crippen LogP contribution >= 0.6 is 0 Å². The number of rotatable bonds is 1. The Bertz CT molecular complexity index is 370. The van der Waals surface area contributed by atoms with E-state index in [4.69, 9.17) is 0 Å². The summed E-state index contributed by atoms with van der Waals surface area (Å²) < 4.78 is 1.00. The van der Waals surface area contributed by atoms with Gasteiger partial charge in [-0.05, 0) is 0 Å². The normalized spacial score (nSPS) is 10.0. The van der Waals surface area contributed by atoms with Gasteiger partial charge in [-0.1, -0.05) is 0 Å². The molecule has 0 unspecified atom stereocenters. The second-order valence-electron chi connectivity index (χ2n) is 2.35. The monoisotopic (exact) mass is 225 g/mol. The summed E-state index contributed by atoms with van der Waals surface area (Å²) in [7, 11) is 0. The van der Waals surface area contributed by atoms with Crippen molar-refractivity contribution in [3.63, 3.8) is 0 Å². The molecule has 1 N–H and O–H groups in total. The molecule has 0 bridgehead atoms. The minimum atomic E-state index is 0.291. The fraction of sp³-hybridized carbons (Fsp3) is 0. The maximum atomic E-state index is 9.47. The Balaban J connectivity index is 2.55. The SMILES string of the molecule is Oc1ccccc1-c1ncc[se]1. The molecule has 2 nitrogen and oxygen atoms in total. The number of aromatic hydroxyl groups is 1. The molecule has 0 fully saturated rings. The van der Waals surface area contributed by atoms with E-state index in [9.17, 15) is 5.11 Å². The van der Waals surface area contributed by atoms with Gasteiger partial charge in [0.05, 0.1) is 0 Å². The van der Waals surface area contributed by atoms with Gasteiger partial charge in [-0.25, -0.2) is 0 Å². The zero-order chi connectivity index (χ0) is 8.39. The molecule has 3 heteroatoms. The van der Waals surface area contributed by atoms with E-state index in [0.29, 0.717) is 20.3 Å². The molecule has 1 heterocycles. The summed E-state index contributed by atoms with van der Waals surface area (Å²) in [4.78, 5) is 6.21. The van der Waals surface area contributed by atoms with Gasteiger partial charge in [0.2, 0.25) is 0 Å². The fourth-order valence-corrected chi connectivity index (χ4v) is 2.42. The zero-order valence-electron chi connectivity index (χ0n) is 6.27. The molecule has 1 aromatic carbocycles. The summed E-state index contributed by atoms with van der Waals surface area (Å²) in [5.41, 5.74) is 0.863. The molecular formula is C9H7NOSe. The fourth-order valence-electron chi connectivity index (χ4n) is 1.01. The van der Waals surface area contributed by atoms with Crippen molar-refractivity contribution >= 4 is 14.5 Å². The number of phenolic OH excluding ortho intramolecular Hbond substituents is 1. The van der Waals surface area contributed by atoms with Gasteiger partial charge < -0.3 is 0 Å². The number of benzene rings is 1. The van der Waals surface area contributed by atoms with Gasteiger partial charge in [0.25, 0.3) is 0 Å². The third-order valence-corrected chi connectivity index (χ3v) is 3.26. The predicted molar refractivity (Wildman–Crippen MR) is 48.3 cm³/mol. The van der Waals surface area contributed by atoms with Crippen molar-refractivity contribution in [2.24, 2.45) is 0 Å². The molecule has 1 aromatic heterocycles. The Morgan fingerprint density at radius 1 is 1.25 bits per heavy atom. The molecule has 0 atom stereocenters. The summed E-state index contributed by atoms with van der Waals surface area (Å²) in [6.07, 6.45) is 1.79. The summed E-state index contributed by atoms with van der Waals surface area (Å²) >= 11 is 0.291. The third kappa shape index (κ3) is 1.29. The summed E-state index contributed by atoms with van der Waals surface area (Å²) in [6.45, 7) is 0. The van der Waals surface area contributed by atoms with Crippen molar-refractivity contribution in [1.29, 1.82) is 0 Å². The topological polar surface area (TPSA) is 33.1 Å². The van der Waals surface area contributed by atoms with E-state index in [0.717, 1.165) is 10.1 Å². The van der Waals surface area contributed by atoms with E-state index in [1.165, 1.54) is 0 Å². The Morgan fingerprint density at radius 2 is 2.08 bits per heavy atom. The Hall–Kier alpha value is -1.05. The second kappa shape index (κ2) is 3.13. The Kier molecular flexibility index (Phi) is 1.98. The van der Waals surface area contributed by atoms with Crippen molar-refractivity contribution in [3.8, 4) is 15.9 Å². The molecule has 0 radical (unpaired) electrons. The maximum absolute atomic E-state index is 9.47.